The van der Waals surface area contributed by atoms with Crippen molar-refractivity contribution in [3.63, 3.8) is 0 Å². The Morgan fingerprint density at radius 2 is 2.10 bits per heavy atom. The highest BCUT2D eigenvalue weighted by Crippen LogP contribution is 2.28. The summed E-state index contributed by atoms with van der Waals surface area (Å²) in [5, 5.41) is 10.9. The lowest BCUT2D eigenvalue weighted by molar-refractivity contribution is -0.384. The number of hydrogen-bond donors (Lipinski definition) is 1. The van der Waals surface area contributed by atoms with Crippen LogP contribution in [-0.2, 0) is 6.54 Å². The van der Waals surface area contributed by atoms with E-state index >= 15 is 0 Å². The second-order valence-corrected chi connectivity index (χ2v) is 4.85. The molecule has 1 aromatic heterocycles. The third-order valence-electron chi connectivity index (χ3n) is 3.43. The fraction of sp³-hybridized carbons (Fsp3) is 0.267. The summed E-state index contributed by atoms with van der Waals surface area (Å²) in [5.41, 5.74) is 8.12. The van der Waals surface area contributed by atoms with Crippen LogP contribution in [0.25, 0.3) is 11.3 Å². The molecule has 1 aromatic carbocycles. The van der Waals surface area contributed by atoms with E-state index in [-0.39, 0.29) is 5.69 Å². The van der Waals surface area contributed by atoms with Crippen LogP contribution in [0, 0.1) is 17.0 Å². The number of aromatic nitrogens is 1. The van der Waals surface area contributed by atoms with Crippen molar-refractivity contribution in [1.29, 1.82) is 0 Å². The zero-order chi connectivity index (χ0) is 15.6. The summed E-state index contributed by atoms with van der Waals surface area (Å²) in [6.07, 6.45) is 0.885. The molecular weight excluding hydrogens is 270 g/mol. The molecule has 0 atom stereocenters. The van der Waals surface area contributed by atoms with Gasteiger partial charge in [0.1, 0.15) is 0 Å². The Morgan fingerprint density at radius 3 is 2.67 bits per heavy atom. The zero-order valence-corrected chi connectivity index (χ0v) is 12.0. The molecule has 0 spiro atoms. The Kier molecular flexibility index (Phi) is 4.07. The van der Waals surface area contributed by atoms with Crippen LogP contribution in [-0.4, -0.2) is 15.4 Å². The molecule has 0 aliphatic heterocycles. The molecule has 0 aliphatic rings. The summed E-state index contributed by atoms with van der Waals surface area (Å²) in [6.45, 7) is 4.58. The molecule has 1 heterocycles. The molecule has 6 heteroatoms. The summed E-state index contributed by atoms with van der Waals surface area (Å²) < 4.78 is 1.97. The first-order chi connectivity index (χ1) is 9.95. The molecule has 0 saturated carbocycles. The molecule has 0 saturated heterocycles. The standard InChI is InChI=1S/C15H17N3O3/c1-3-7-17-10(2)13(15(16)19)9-14(17)11-5-4-6-12(8-11)18(20)21/h4-6,8-9H,3,7H2,1-2H3,(H2,16,19). The summed E-state index contributed by atoms with van der Waals surface area (Å²) in [4.78, 5) is 22.0. The number of benzene rings is 1. The maximum atomic E-state index is 11.5. The predicted octanol–water partition coefficient (Wildman–Crippen LogP) is 2.88. The van der Waals surface area contributed by atoms with Gasteiger partial charge in [-0.25, -0.2) is 0 Å². The maximum Gasteiger partial charge on any atom is 0.270 e. The highest BCUT2D eigenvalue weighted by atomic mass is 16.6. The number of rotatable bonds is 5. The maximum absolute atomic E-state index is 11.5. The van der Waals surface area contributed by atoms with Gasteiger partial charge in [0.2, 0.25) is 0 Å². The lowest BCUT2D eigenvalue weighted by Crippen LogP contribution is -2.12. The third kappa shape index (κ3) is 2.79. The molecular formula is C15H17N3O3. The number of amides is 1. The first-order valence-electron chi connectivity index (χ1n) is 6.70. The molecule has 2 rings (SSSR count). The van der Waals surface area contributed by atoms with Gasteiger partial charge in [-0.2, -0.15) is 0 Å². The Balaban J connectivity index is 2.62. The van der Waals surface area contributed by atoms with Crippen LogP contribution in [0.4, 0.5) is 5.69 Å². The Morgan fingerprint density at radius 1 is 1.38 bits per heavy atom. The number of nitro groups is 1. The number of nitro benzene ring substituents is 1. The Hall–Kier alpha value is -2.63. The summed E-state index contributed by atoms with van der Waals surface area (Å²) in [5.74, 6) is -0.492. The van der Waals surface area contributed by atoms with Crippen LogP contribution in [0.1, 0.15) is 29.4 Å². The summed E-state index contributed by atoms with van der Waals surface area (Å²) in [6, 6.07) is 8.07. The fourth-order valence-electron chi connectivity index (χ4n) is 2.42. The van der Waals surface area contributed by atoms with Gasteiger partial charge in [0, 0.05) is 35.6 Å². The van der Waals surface area contributed by atoms with E-state index < -0.39 is 10.8 Å². The van der Waals surface area contributed by atoms with Crippen LogP contribution in [0.5, 0.6) is 0 Å². The normalized spacial score (nSPS) is 10.6. The van der Waals surface area contributed by atoms with Gasteiger partial charge < -0.3 is 10.3 Å². The number of nitrogens with zero attached hydrogens (tertiary/aromatic N) is 2. The van der Waals surface area contributed by atoms with Gasteiger partial charge in [0.15, 0.2) is 0 Å². The van der Waals surface area contributed by atoms with Crippen molar-refractivity contribution in [3.8, 4) is 11.3 Å². The number of carbonyl (C=O) groups excluding carboxylic acids is 1. The van der Waals surface area contributed by atoms with Crippen LogP contribution in [0.15, 0.2) is 30.3 Å². The average molecular weight is 287 g/mol. The second kappa shape index (κ2) is 5.78. The molecule has 0 aliphatic carbocycles. The zero-order valence-electron chi connectivity index (χ0n) is 12.0. The molecule has 0 radical (unpaired) electrons. The molecule has 0 unspecified atom stereocenters. The van der Waals surface area contributed by atoms with Crippen molar-refractivity contribution in [2.75, 3.05) is 0 Å². The SMILES string of the molecule is CCCn1c(-c2cccc([N+](=O)[O-])c2)cc(C(N)=O)c1C. The van der Waals surface area contributed by atoms with Crippen molar-refractivity contribution < 1.29 is 9.72 Å². The third-order valence-corrected chi connectivity index (χ3v) is 3.43. The van der Waals surface area contributed by atoms with Crippen molar-refractivity contribution >= 4 is 11.6 Å². The number of hydrogen-bond acceptors (Lipinski definition) is 3. The van der Waals surface area contributed by atoms with Gasteiger partial charge in [0.05, 0.1) is 10.5 Å². The number of nitrogens with two attached hydrogens (primary N) is 1. The predicted molar refractivity (Wildman–Crippen MR) is 80.1 cm³/mol. The van der Waals surface area contributed by atoms with Gasteiger partial charge >= 0.3 is 0 Å². The van der Waals surface area contributed by atoms with E-state index in [2.05, 4.69) is 0 Å². The number of primary amides is 1. The van der Waals surface area contributed by atoms with E-state index in [0.717, 1.165) is 24.4 Å². The monoisotopic (exact) mass is 287 g/mol. The van der Waals surface area contributed by atoms with Crippen molar-refractivity contribution in [3.05, 3.63) is 51.7 Å². The van der Waals surface area contributed by atoms with Crippen LogP contribution in [0.2, 0.25) is 0 Å². The average Bonchev–Trinajstić information content (AvgIpc) is 2.77. The van der Waals surface area contributed by atoms with Crippen molar-refractivity contribution in [1.82, 2.24) is 4.57 Å². The molecule has 2 aromatic rings. The highest BCUT2D eigenvalue weighted by Gasteiger charge is 2.17. The minimum atomic E-state index is -0.492. The molecule has 2 N–H and O–H groups in total. The van der Waals surface area contributed by atoms with Crippen LogP contribution in [0.3, 0.4) is 0 Å². The van der Waals surface area contributed by atoms with E-state index in [4.69, 9.17) is 5.73 Å². The summed E-state index contributed by atoms with van der Waals surface area (Å²) >= 11 is 0. The van der Waals surface area contributed by atoms with Crippen molar-refractivity contribution in [2.45, 2.75) is 26.8 Å². The van der Waals surface area contributed by atoms with E-state index in [1.807, 2.05) is 18.4 Å². The minimum absolute atomic E-state index is 0.0232. The molecule has 0 bridgehead atoms. The summed E-state index contributed by atoms with van der Waals surface area (Å²) in [7, 11) is 0. The topological polar surface area (TPSA) is 91.2 Å². The largest absolute Gasteiger partial charge is 0.366 e. The van der Waals surface area contributed by atoms with Gasteiger partial charge in [-0.15, -0.1) is 0 Å². The number of carbonyl (C=O) groups is 1. The lowest BCUT2D eigenvalue weighted by Gasteiger charge is -2.10. The second-order valence-electron chi connectivity index (χ2n) is 4.85. The molecule has 110 valence electrons. The minimum Gasteiger partial charge on any atom is -0.366 e. The smallest absolute Gasteiger partial charge is 0.270 e. The van der Waals surface area contributed by atoms with E-state index in [9.17, 15) is 14.9 Å². The quantitative estimate of drug-likeness (QED) is 0.677. The van der Waals surface area contributed by atoms with Crippen LogP contribution >= 0.6 is 0 Å². The van der Waals surface area contributed by atoms with Crippen molar-refractivity contribution in [2.24, 2.45) is 5.73 Å². The van der Waals surface area contributed by atoms with Gasteiger partial charge in [-0.3, -0.25) is 14.9 Å². The molecule has 21 heavy (non-hydrogen) atoms. The van der Waals surface area contributed by atoms with Gasteiger partial charge in [-0.05, 0) is 19.4 Å². The number of non-ortho nitro benzene ring substituents is 1. The first-order valence-corrected chi connectivity index (χ1v) is 6.70. The molecule has 0 fully saturated rings. The fourth-order valence-corrected chi connectivity index (χ4v) is 2.42. The Bertz CT molecular complexity index is 704. The molecule has 6 nitrogen and oxygen atoms in total. The molecule has 1 amide bonds. The first kappa shape index (κ1) is 14.8. The lowest BCUT2D eigenvalue weighted by atomic mass is 10.1. The Labute approximate surface area is 122 Å². The van der Waals surface area contributed by atoms with E-state index in [0.29, 0.717) is 11.1 Å². The highest BCUT2D eigenvalue weighted by molar-refractivity contribution is 5.95. The van der Waals surface area contributed by atoms with E-state index in [1.54, 1.807) is 18.2 Å². The van der Waals surface area contributed by atoms with Gasteiger partial charge in [-0.1, -0.05) is 19.1 Å². The van der Waals surface area contributed by atoms with Crippen LogP contribution < -0.4 is 5.73 Å². The van der Waals surface area contributed by atoms with E-state index in [1.165, 1.54) is 12.1 Å². The van der Waals surface area contributed by atoms with Gasteiger partial charge in [0.25, 0.3) is 11.6 Å².